The smallest absolute Gasteiger partial charge is 0.387 e. The summed E-state index contributed by atoms with van der Waals surface area (Å²) in [5, 5.41) is -0.582. The van der Waals surface area contributed by atoms with Crippen LogP contribution in [0.15, 0.2) is 42.5 Å². The van der Waals surface area contributed by atoms with Crippen molar-refractivity contribution in [2.45, 2.75) is 24.7 Å². The van der Waals surface area contributed by atoms with E-state index in [1.165, 1.54) is 6.07 Å². The Bertz CT molecular complexity index is 955. The summed E-state index contributed by atoms with van der Waals surface area (Å²) in [7, 11) is -1.29. The van der Waals surface area contributed by atoms with Crippen LogP contribution in [0.25, 0.3) is 11.0 Å². The van der Waals surface area contributed by atoms with Crippen molar-refractivity contribution in [3.8, 4) is 5.75 Å². The Hall–Kier alpha value is -2.28. The van der Waals surface area contributed by atoms with E-state index in [9.17, 15) is 13.0 Å². The molecule has 1 aromatic heterocycles. The fourth-order valence-corrected chi connectivity index (χ4v) is 4.67. The summed E-state index contributed by atoms with van der Waals surface area (Å²) >= 11 is 0. The molecule has 0 radical (unpaired) electrons. The Balaban J connectivity index is 1.91. The molecular formula is C17H14F2N2O2S. The van der Waals surface area contributed by atoms with Crippen molar-refractivity contribution in [1.82, 2.24) is 9.55 Å². The Morgan fingerprint density at radius 1 is 1.29 bits per heavy atom. The highest BCUT2D eigenvalue weighted by molar-refractivity contribution is 7.84. The molecule has 124 valence electrons. The lowest BCUT2D eigenvalue weighted by atomic mass is 10.2. The fraction of sp³-hybridized carbons (Fsp3) is 0.235. The number of rotatable bonds is 3. The van der Waals surface area contributed by atoms with E-state index < -0.39 is 22.8 Å². The second-order valence-electron chi connectivity index (χ2n) is 5.68. The molecule has 4 nitrogen and oxygen atoms in total. The third-order valence-electron chi connectivity index (χ3n) is 4.07. The molecule has 7 heteroatoms. The highest BCUT2D eigenvalue weighted by atomic mass is 32.2. The minimum atomic E-state index is -2.93. The van der Waals surface area contributed by atoms with Gasteiger partial charge in [0.25, 0.3) is 0 Å². The largest absolute Gasteiger partial charge is 0.434 e. The van der Waals surface area contributed by atoms with Gasteiger partial charge in [-0.3, -0.25) is 4.21 Å². The number of para-hydroxylation sites is 1. The fourth-order valence-electron chi connectivity index (χ4n) is 3.11. The van der Waals surface area contributed by atoms with Gasteiger partial charge in [-0.05, 0) is 30.7 Å². The van der Waals surface area contributed by atoms with Gasteiger partial charge in [0.1, 0.15) is 16.9 Å². The van der Waals surface area contributed by atoms with E-state index in [1.807, 2.05) is 29.7 Å². The van der Waals surface area contributed by atoms with Crippen molar-refractivity contribution in [2.75, 3.05) is 0 Å². The lowest BCUT2D eigenvalue weighted by Crippen LogP contribution is -2.13. The maximum atomic E-state index is 12.7. The van der Waals surface area contributed by atoms with E-state index in [0.717, 1.165) is 16.6 Å². The third-order valence-corrected chi connectivity index (χ3v) is 5.58. The van der Waals surface area contributed by atoms with Gasteiger partial charge in [0, 0.05) is 5.56 Å². The number of benzene rings is 2. The summed E-state index contributed by atoms with van der Waals surface area (Å²) in [5.41, 5.74) is 3.20. The van der Waals surface area contributed by atoms with Crippen molar-refractivity contribution < 1.29 is 17.7 Å². The van der Waals surface area contributed by atoms with Gasteiger partial charge >= 0.3 is 6.61 Å². The van der Waals surface area contributed by atoms with Crippen molar-refractivity contribution >= 4 is 21.8 Å². The zero-order valence-electron chi connectivity index (χ0n) is 12.8. The van der Waals surface area contributed by atoms with Crippen LogP contribution in [0.3, 0.4) is 0 Å². The van der Waals surface area contributed by atoms with Crippen LogP contribution >= 0.6 is 0 Å². The second kappa shape index (κ2) is 5.66. The number of nitrogens with zero attached hydrogens (tertiary/aromatic N) is 2. The molecular weight excluding hydrogens is 334 g/mol. The molecule has 0 amide bonds. The van der Waals surface area contributed by atoms with E-state index in [-0.39, 0.29) is 5.75 Å². The average Bonchev–Trinajstić information content (AvgIpc) is 3.02. The quantitative estimate of drug-likeness (QED) is 0.724. The summed E-state index contributed by atoms with van der Waals surface area (Å²) < 4.78 is 44.6. The minimum Gasteiger partial charge on any atom is -0.434 e. The van der Waals surface area contributed by atoms with Crippen molar-refractivity contribution in [3.63, 3.8) is 0 Å². The Labute approximate surface area is 139 Å². The Kier molecular flexibility index (Phi) is 3.60. The molecule has 1 unspecified atom stereocenters. The van der Waals surface area contributed by atoms with E-state index in [1.54, 1.807) is 18.2 Å². The van der Waals surface area contributed by atoms with Gasteiger partial charge in [-0.15, -0.1) is 0 Å². The molecule has 2 heterocycles. The highest BCUT2D eigenvalue weighted by Crippen LogP contribution is 2.40. The zero-order valence-corrected chi connectivity index (χ0v) is 13.6. The van der Waals surface area contributed by atoms with Gasteiger partial charge in [-0.1, -0.05) is 24.3 Å². The number of aromatic nitrogens is 2. The van der Waals surface area contributed by atoms with Crippen LogP contribution in [0, 0.1) is 6.92 Å². The first kappa shape index (κ1) is 15.3. The van der Waals surface area contributed by atoms with Gasteiger partial charge in [0.15, 0.2) is 0 Å². The third kappa shape index (κ3) is 2.39. The van der Waals surface area contributed by atoms with Crippen LogP contribution < -0.4 is 4.74 Å². The van der Waals surface area contributed by atoms with E-state index in [4.69, 9.17) is 0 Å². The number of ether oxygens (including phenoxy) is 1. The van der Waals surface area contributed by atoms with Crippen molar-refractivity contribution in [1.29, 1.82) is 0 Å². The molecule has 0 fully saturated rings. The van der Waals surface area contributed by atoms with Gasteiger partial charge in [-0.2, -0.15) is 8.78 Å². The highest BCUT2D eigenvalue weighted by Gasteiger charge is 2.35. The lowest BCUT2D eigenvalue weighted by molar-refractivity contribution is -0.0505. The van der Waals surface area contributed by atoms with Crippen LogP contribution in [0.1, 0.15) is 22.3 Å². The number of aryl methyl sites for hydroxylation is 1. The first-order valence-electron chi connectivity index (χ1n) is 7.43. The normalized spacial score (nSPS) is 19.8. The van der Waals surface area contributed by atoms with E-state index in [0.29, 0.717) is 17.1 Å². The maximum Gasteiger partial charge on any atom is 0.387 e. The maximum absolute atomic E-state index is 12.7. The molecule has 24 heavy (non-hydrogen) atoms. The molecule has 2 atom stereocenters. The molecule has 1 aliphatic rings. The summed E-state index contributed by atoms with van der Waals surface area (Å²) in [6, 6.07) is 12.3. The standard InChI is InChI=1S/C17H14F2N2O2S/c1-10-6-7-12-13(8-10)21-15(20-12)9-24(22)16(21)11-4-2-3-5-14(11)23-17(18)19/h2-8,16-17H,9H2,1H3/t16-,24?/m0/s1. The summed E-state index contributed by atoms with van der Waals surface area (Å²) in [6.07, 6.45) is 0. The number of fused-ring (bicyclic) bond motifs is 3. The van der Waals surface area contributed by atoms with Crippen LogP contribution in [-0.4, -0.2) is 20.4 Å². The second-order valence-corrected chi connectivity index (χ2v) is 7.18. The molecule has 0 saturated heterocycles. The van der Waals surface area contributed by atoms with E-state index in [2.05, 4.69) is 9.72 Å². The predicted octanol–water partition coefficient (Wildman–Crippen LogP) is 3.76. The van der Waals surface area contributed by atoms with E-state index >= 15 is 0 Å². The summed E-state index contributed by atoms with van der Waals surface area (Å²) in [6.45, 7) is -0.962. The topological polar surface area (TPSA) is 44.1 Å². The van der Waals surface area contributed by atoms with Gasteiger partial charge in [0.2, 0.25) is 0 Å². The summed E-state index contributed by atoms with van der Waals surface area (Å²) in [5.74, 6) is 1.04. The van der Waals surface area contributed by atoms with Crippen LogP contribution in [0.2, 0.25) is 0 Å². The monoisotopic (exact) mass is 348 g/mol. The first-order valence-corrected chi connectivity index (χ1v) is 8.81. The van der Waals surface area contributed by atoms with Crippen molar-refractivity contribution in [3.05, 3.63) is 59.4 Å². The lowest BCUT2D eigenvalue weighted by Gasteiger charge is -2.18. The molecule has 0 saturated carbocycles. The molecule has 4 rings (SSSR count). The average molecular weight is 348 g/mol. The Morgan fingerprint density at radius 3 is 2.88 bits per heavy atom. The van der Waals surface area contributed by atoms with Gasteiger partial charge in [0.05, 0.1) is 27.6 Å². The molecule has 0 N–H and O–H groups in total. The minimum absolute atomic E-state index is 0.0493. The molecule has 3 aromatic rings. The number of alkyl halides is 2. The molecule has 0 spiro atoms. The van der Waals surface area contributed by atoms with Crippen molar-refractivity contribution in [2.24, 2.45) is 0 Å². The first-order chi connectivity index (χ1) is 11.5. The predicted molar refractivity (Wildman–Crippen MR) is 87.5 cm³/mol. The van der Waals surface area contributed by atoms with Crippen LogP contribution in [-0.2, 0) is 16.6 Å². The molecule has 0 aliphatic carbocycles. The van der Waals surface area contributed by atoms with Gasteiger partial charge < -0.3 is 9.30 Å². The van der Waals surface area contributed by atoms with Gasteiger partial charge in [-0.25, -0.2) is 4.98 Å². The summed E-state index contributed by atoms with van der Waals surface area (Å²) in [4.78, 5) is 4.53. The van der Waals surface area contributed by atoms with Crippen LogP contribution in [0.4, 0.5) is 8.78 Å². The number of hydrogen-bond donors (Lipinski definition) is 0. The Morgan fingerprint density at radius 2 is 2.08 bits per heavy atom. The number of hydrogen-bond acceptors (Lipinski definition) is 3. The SMILES string of the molecule is Cc1ccc2nc3n(c2c1)[C@H](c1ccccc1OC(F)F)S(=O)C3. The molecule has 0 bridgehead atoms. The number of halogens is 2. The number of imidazole rings is 1. The molecule has 2 aromatic carbocycles. The molecule has 1 aliphatic heterocycles. The zero-order chi connectivity index (χ0) is 16.8. The van der Waals surface area contributed by atoms with Crippen LogP contribution in [0.5, 0.6) is 5.75 Å².